The zero-order valence-corrected chi connectivity index (χ0v) is 21.6. The Hall–Kier alpha value is -2.60. The molecule has 4 rings (SSSR count). The van der Waals surface area contributed by atoms with E-state index in [2.05, 4.69) is 4.72 Å². The van der Waals surface area contributed by atoms with Crippen molar-refractivity contribution in [1.82, 2.24) is 4.90 Å². The molecule has 6 nitrogen and oxygen atoms in total. The lowest BCUT2D eigenvalue weighted by Gasteiger charge is -2.19. The quantitative estimate of drug-likeness (QED) is 0.351. The van der Waals surface area contributed by atoms with Crippen molar-refractivity contribution in [2.45, 2.75) is 29.8 Å². The first-order valence-corrected chi connectivity index (χ1v) is 13.5. The number of thiophene rings is 1. The maximum Gasteiger partial charge on any atom is 0.419 e. The molecule has 0 unspecified atom stereocenters. The van der Waals surface area contributed by atoms with Gasteiger partial charge in [-0.3, -0.25) is 9.52 Å². The van der Waals surface area contributed by atoms with Gasteiger partial charge in [-0.25, -0.2) is 8.42 Å². The van der Waals surface area contributed by atoms with Crippen LogP contribution in [-0.4, -0.2) is 45.3 Å². The van der Waals surface area contributed by atoms with Crippen LogP contribution in [0.3, 0.4) is 0 Å². The number of nitrogens with one attached hydrogen (secondary N) is 1. The highest BCUT2D eigenvalue weighted by Crippen LogP contribution is 2.41. The van der Waals surface area contributed by atoms with Crippen LogP contribution in [0.4, 0.5) is 18.9 Å². The van der Waals surface area contributed by atoms with Crippen molar-refractivity contribution >= 4 is 44.4 Å². The van der Waals surface area contributed by atoms with Gasteiger partial charge in [0.25, 0.3) is 10.0 Å². The van der Waals surface area contributed by atoms with Gasteiger partial charge in [0.2, 0.25) is 0 Å². The highest BCUT2D eigenvalue weighted by Gasteiger charge is 2.36. The summed E-state index contributed by atoms with van der Waals surface area (Å²) in [5.41, 5.74) is -0.0306. The number of Topliss-reactive ketones (excluding diaryl/α,β-unsaturated/α-hetero) is 1. The molecule has 36 heavy (non-hydrogen) atoms. The molecular formula is C24H22ClF3N2O4S2. The largest absolute Gasteiger partial charge is 0.488 e. The molecule has 0 aliphatic carbocycles. The predicted molar refractivity (Wildman–Crippen MR) is 134 cm³/mol. The van der Waals surface area contributed by atoms with Crippen molar-refractivity contribution in [3.63, 3.8) is 0 Å². The van der Waals surface area contributed by atoms with E-state index in [1.807, 2.05) is 11.9 Å². The topological polar surface area (TPSA) is 75.7 Å². The SMILES string of the molecule is CC(=O)c1cccc(-c2sc(S(=O)(=O)Nc3ccc(C(F)(F)F)c(O[C@@H]4CCN(C)C4)c3)cc2Cl)c1. The Morgan fingerprint density at radius 3 is 2.58 bits per heavy atom. The lowest BCUT2D eigenvalue weighted by molar-refractivity contribution is -0.139. The molecule has 3 aromatic rings. The van der Waals surface area contributed by atoms with Crippen LogP contribution in [0, 0.1) is 0 Å². The number of halogens is 4. The fraction of sp³-hybridized carbons (Fsp3) is 0.292. The van der Waals surface area contributed by atoms with Crippen molar-refractivity contribution in [2.24, 2.45) is 0 Å². The van der Waals surface area contributed by atoms with Crippen molar-refractivity contribution in [3.05, 3.63) is 64.7 Å². The molecule has 1 aromatic heterocycles. The van der Waals surface area contributed by atoms with Crippen LogP contribution in [-0.2, 0) is 16.2 Å². The van der Waals surface area contributed by atoms with Crippen molar-refractivity contribution in [3.8, 4) is 16.2 Å². The van der Waals surface area contributed by atoms with Crippen LogP contribution in [0.15, 0.2) is 52.7 Å². The van der Waals surface area contributed by atoms with Gasteiger partial charge in [0.15, 0.2) is 5.78 Å². The fourth-order valence-corrected chi connectivity index (χ4v) is 6.72. The van der Waals surface area contributed by atoms with Gasteiger partial charge in [0.1, 0.15) is 16.1 Å². The Balaban J connectivity index is 1.63. The van der Waals surface area contributed by atoms with Crippen LogP contribution in [0.2, 0.25) is 5.02 Å². The van der Waals surface area contributed by atoms with Gasteiger partial charge < -0.3 is 9.64 Å². The van der Waals surface area contributed by atoms with E-state index in [4.69, 9.17) is 16.3 Å². The zero-order chi connectivity index (χ0) is 26.3. The first-order valence-electron chi connectivity index (χ1n) is 10.8. The number of likely N-dealkylation sites (N-methyl/N-ethyl adjacent to an activating group) is 1. The summed E-state index contributed by atoms with van der Waals surface area (Å²) >= 11 is 7.19. The molecule has 2 heterocycles. The number of alkyl halides is 3. The Labute approximate surface area is 215 Å². The molecule has 192 valence electrons. The minimum Gasteiger partial charge on any atom is -0.488 e. The number of ether oxygens (including phenoxy) is 1. The van der Waals surface area contributed by atoms with Crippen molar-refractivity contribution < 1.29 is 31.1 Å². The van der Waals surface area contributed by atoms with Crippen LogP contribution in [0.1, 0.15) is 29.3 Å². The molecule has 0 radical (unpaired) electrons. The number of hydrogen-bond donors (Lipinski definition) is 1. The van der Waals surface area contributed by atoms with E-state index in [0.29, 0.717) is 35.5 Å². The summed E-state index contributed by atoms with van der Waals surface area (Å²) in [5.74, 6) is -0.586. The molecule has 1 aliphatic rings. The number of likely N-dealkylation sites (tertiary alicyclic amines) is 1. The Morgan fingerprint density at radius 2 is 1.94 bits per heavy atom. The molecule has 1 atom stereocenters. The molecule has 1 fully saturated rings. The number of rotatable bonds is 7. The number of benzene rings is 2. The van der Waals surface area contributed by atoms with E-state index in [1.165, 1.54) is 13.0 Å². The molecule has 1 saturated heterocycles. The zero-order valence-electron chi connectivity index (χ0n) is 19.2. The lowest BCUT2D eigenvalue weighted by Crippen LogP contribution is -2.23. The van der Waals surface area contributed by atoms with Crippen LogP contribution >= 0.6 is 22.9 Å². The van der Waals surface area contributed by atoms with Gasteiger partial charge in [-0.2, -0.15) is 13.2 Å². The maximum absolute atomic E-state index is 13.6. The number of ketones is 1. The molecule has 0 saturated carbocycles. The third kappa shape index (κ3) is 5.86. The fourth-order valence-electron chi connectivity index (χ4n) is 3.85. The Bertz CT molecular complexity index is 1410. The molecular weight excluding hydrogens is 537 g/mol. The van der Waals surface area contributed by atoms with Crippen LogP contribution in [0.25, 0.3) is 10.4 Å². The first-order chi connectivity index (χ1) is 16.8. The van der Waals surface area contributed by atoms with E-state index in [0.717, 1.165) is 29.5 Å². The highest BCUT2D eigenvalue weighted by molar-refractivity contribution is 7.94. The van der Waals surface area contributed by atoms with Gasteiger partial charge in [0.05, 0.1) is 21.2 Å². The van der Waals surface area contributed by atoms with Crippen LogP contribution < -0.4 is 9.46 Å². The minimum atomic E-state index is -4.66. The van der Waals surface area contributed by atoms with E-state index in [-0.39, 0.29) is 20.7 Å². The van der Waals surface area contributed by atoms with Gasteiger partial charge in [0, 0.05) is 24.7 Å². The first kappa shape index (κ1) is 26.5. The standard InChI is InChI=1S/C24H22ClF3N2O4S2/c1-14(31)15-4-3-5-16(10-15)23-20(25)12-22(35-23)36(32,33)29-17-6-7-19(24(26,27)28)21(11-17)34-18-8-9-30(2)13-18/h3-7,10-12,18,29H,8-9,13H2,1-2H3/t18-/m1/s1. The number of sulfonamides is 1. The summed E-state index contributed by atoms with van der Waals surface area (Å²) in [5, 5.41) is 0.169. The third-order valence-corrected chi connectivity index (χ3v) is 9.09. The van der Waals surface area contributed by atoms with Crippen molar-refractivity contribution in [1.29, 1.82) is 0 Å². The summed E-state index contributed by atoms with van der Waals surface area (Å²) < 4.78 is 74.6. The highest BCUT2D eigenvalue weighted by atomic mass is 35.5. The number of hydrogen-bond acceptors (Lipinski definition) is 6. The predicted octanol–water partition coefficient (Wildman–Crippen LogP) is 6.17. The van der Waals surface area contributed by atoms with Gasteiger partial charge in [-0.05, 0) is 50.2 Å². The second kappa shape index (κ2) is 10.0. The van der Waals surface area contributed by atoms with Gasteiger partial charge in [-0.15, -0.1) is 11.3 Å². The minimum absolute atomic E-state index is 0.0750. The molecule has 0 amide bonds. The smallest absolute Gasteiger partial charge is 0.419 e. The van der Waals surface area contributed by atoms with E-state index < -0.39 is 33.6 Å². The van der Waals surface area contributed by atoms with E-state index in [1.54, 1.807) is 24.3 Å². The molecule has 1 N–H and O–H groups in total. The normalized spacial score (nSPS) is 16.8. The Kier molecular flexibility index (Phi) is 7.38. The molecule has 0 spiro atoms. The molecule has 12 heteroatoms. The average Bonchev–Trinajstić information content (AvgIpc) is 3.38. The summed E-state index contributed by atoms with van der Waals surface area (Å²) in [6, 6.07) is 10.8. The number of carbonyl (C=O) groups excluding carboxylic acids is 1. The number of anilines is 1. The maximum atomic E-state index is 13.6. The summed E-state index contributed by atoms with van der Waals surface area (Å²) in [6.07, 6.45) is -4.54. The van der Waals surface area contributed by atoms with Gasteiger partial charge >= 0.3 is 6.18 Å². The Morgan fingerprint density at radius 1 is 1.19 bits per heavy atom. The van der Waals surface area contributed by atoms with Crippen LogP contribution in [0.5, 0.6) is 5.75 Å². The second-order valence-electron chi connectivity index (χ2n) is 8.48. The number of nitrogens with zero attached hydrogens (tertiary/aromatic N) is 1. The van der Waals surface area contributed by atoms with Gasteiger partial charge in [-0.1, -0.05) is 29.8 Å². The summed E-state index contributed by atoms with van der Waals surface area (Å²) in [7, 11) is -2.34. The second-order valence-corrected chi connectivity index (χ2v) is 11.9. The van der Waals surface area contributed by atoms with Crippen molar-refractivity contribution in [2.75, 3.05) is 24.9 Å². The third-order valence-electron chi connectivity index (χ3n) is 5.64. The lowest BCUT2D eigenvalue weighted by atomic mass is 10.1. The molecule has 0 bridgehead atoms. The summed E-state index contributed by atoms with van der Waals surface area (Å²) in [6.45, 7) is 2.58. The molecule has 2 aromatic carbocycles. The molecule has 1 aliphatic heterocycles. The average molecular weight is 559 g/mol. The van der Waals surface area contributed by atoms with E-state index in [9.17, 15) is 26.4 Å². The monoisotopic (exact) mass is 558 g/mol. The summed E-state index contributed by atoms with van der Waals surface area (Å²) in [4.78, 5) is 14.1. The van der Waals surface area contributed by atoms with E-state index >= 15 is 0 Å². The number of carbonyl (C=O) groups is 1.